The van der Waals surface area contributed by atoms with E-state index >= 15 is 0 Å². The molecule has 7 nitrogen and oxygen atoms in total. The summed E-state index contributed by atoms with van der Waals surface area (Å²) < 4.78 is 33.5. The van der Waals surface area contributed by atoms with Crippen molar-refractivity contribution in [3.05, 3.63) is 47.3 Å². The molecule has 0 bridgehead atoms. The van der Waals surface area contributed by atoms with Gasteiger partial charge in [-0.2, -0.15) is 5.26 Å². The average Bonchev–Trinajstić information content (AvgIpc) is 3.54. The lowest BCUT2D eigenvalue weighted by molar-refractivity contribution is 0.0936. The number of hydrogen-bond donors (Lipinski definition) is 2. The van der Waals surface area contributed by atoms with Crippen LogP contribution in [0.2, 0.25) is 0 Å². The van der Waals surface area contributed by atoms with E-state index in [0.29, 0.717) is 37.7 Å². The van der Waals surface area contributed by atoms with E-state index in [1.165, 1.54) is 6.20 Å². The van der Waals surface area contributed by atoms with Crippen LogP contribution in [-0.4, -0.2) is 49.3 Å². The first-order valence-corrected chi connectivity index (χ1v) is 11.0. The van der Waals surface area contributed by atoms with Crippen LogP contribution in [0.3, 0.4) is 0 Å². The van der Waals surface area contributed by atoms with Crippen LogP contribution in [-0.2, 0) is 4.74 Å². The van der Waals surface area contributed by atoms with E-state index in [-0.39, 0.29) is 34.3 Å². The number of methoxy groups -OCH3 is 1. The van der Waals surface area contributed by atoms with Crippen molar-refractivity contribution < 1.29 is 18.3 Å². The van der Waals surface area contributed by atoms with Gasteiger partial charge in [0.25, 0.3) is 5.91 Å². The lowest BCUT2D eigenvalue weighted by Crippen LogP contribution is -2.47. The predicted molar refractivity (Wildman–Crippen MR) is 120 cm³/mol. The summed E-state index contributed by atoms with van der Waals surface area (Å²) in [6, 6.07) is 5.03. The lowest BCUT2D eigenvalue weighted by atomic mass is 9.97. The summed E-state index contributed by atoms with van der Waals surface area (Å²) in [5.74, 6) is -1.48. The Morgan fingerprint density at radius 2 is 2.09 bits per heavy atom. The Morgan fingerprint density at radius 1 is 1.39 bits per heavy atom. The second-order valence-corrected chi connectivity index (χ2v) is 9.08. The molecule has 1 aliphatic heterocycles. The second-order valence-electron chi connectivity index (χ2n) is 9.08. The average molecular weight is 456 g/mol. The van der Waals surface area contributed by atoms with Gasteiger partial charge in [-0.3, -0.25) is 4.79 Å². The fourth-order valence-corrected chi connectivity index (χ4v) is 4.54. The molecule has 1 saturated carbocycles. The van der Waals surface area contributed by atoms with Crippen molar-refractivity contribution >= 4 is 11.6 Å². The first kappa shape index (κ1) is 23.1. The van der Waals surface area contributed by atoms with Gasteiger partial charge in [-0.05, 0) is 49.8 Å². The van der Waals surface area contributed by atoms with Gasteiger partial charge in [-0.15, -0.1) is 0 Å². The maximum absolute atomic E-state index is 14.1. The van der Waals surface area contributed by atoms with E-state index in [9.17, 15) is 18.8 Å². The summed E-state index contributed by atoms with van der Waals surface area (Å²) in [5.41, 5.74) is 6.79. The van der Waals surface area contributed by atoms with Crippen LogP contribution >= 0.6 is 0 Å². The van der Waals surface area contributed by atoms with Gasteiger partial charge < -0.3 is 20.7 Å². The van der Waals surface area contributed by atoms with Gasteiger partial charge in [0.15, 0.2) is 0 Å². The van der Waals surface area contributed by atoms with Gasteiger partial charge in [0.05, 0.1) is 23.4 Å². The number of benzene rings is 1. The number of anilines is 1. The number of amides is 1. The molecule has 1 aliphatic carbocycles. The smallest absolute Gasteiger partial charge is 0.255 e. The number of rotatable bonds is 7. The van der Waals surface area contributed by atoms with Crippen molar-refractivity contribution in [3.8, 4) is 17.2 Å². The third-order valence-electron chi connectivity index (χ3n) is 6.37. The Hall–Kier alpha value is -3.09. The number of pyridine rings is 1. The monoisotopic (exact) mass is 455 g/mol. The highest BCUT2D eigenvalue weighted by atomic mass is 19.1. The standard InChI is InChI=1S/C24H27F2N5O2/c1-14(15-3-4-15)30-23(32)19-11-29-20(10-27)21(16-7-17(25)9-18(26)8-16)22(19)31-6-5-24(28,12-31)13-33-2/h7-9,11,14-15H,3-6,12-13,28H2,1-2H3,(H,30,32)/t14-,24+/m0/s1. The van der Waals surface area contributed by atoms with Crippen LogP contribution < -0.4 is 16.0 Å². The van der Waals surface area contributed by atoms with Crippen LogP contribution in [0.1, 0.15) is 42.2 Å². The quantitative estimate of drug-likeness (QED) is 0.665. The van der Waals surface area contributed by atoms with Gasteiger partial charge >= 0.3 is 0 Å². The van der Waals surface area contributed by atoms with Gasteiger partial charge in [-0.1, -0.05) is 0 Å². The molecule has 2 aromatic rings. The highest BCUT2D eigenvalue weighted by Gasteiger charge is 2.38. The van der Waals surface area contributed by atoms with Crippen molar-refractivity contribution in [1.82, 2.24) is 10.3 Å². The highest BCUT2D eigenvalue weighted by Crippen LogP contribution is 2.40. The number of nitriles is 1. The molecular weight excluding hydrogens is 428 g/mol. The summed E-state index contributed by atoms with van der Waals surface area (Å²) in [6.07, 6.45) is 4.07. The Balaban J connectivity index is 1.86. The van der Waals surface area contributed by atoms with Crippen molar-refractivity contribution in [2.24, 2.45) is 11.7 Å². The molecule has 3 N–H and O–H groups in total. The normalized spacial score (nSPS) is 21.0. The molecule has 0 unspecified atom stereocenters. The number of halogens is 2. The maximum atomic E-state index is 14.1. The zero-order chi connectivity index (χ0) is 23.8. The van der Waals surface area contributed by atoms with E-state index in [4.69, 9.17) is 10.5 Å². The fourth-order valence-electron chi connectivity index (χ4n) is 4.54. The Morgan fingerprint density at radius 3 is 2.70 bits per heavy atom. The topological polar surface area (TPSA) is 104 Å². The van der Waals surface area contributed by atoms with E-state index in [2.05, 4.69) is 10.3 Å². The molecule has 1 aromatic heterocycles. The van der Waals surface area contributed by atoms with Crippen molar-refractivity contribution in [2.45, 2.75) is 37.8 Å². The van der Waals surface area contributed by atoms with Crippen LogP contribution in [0.5, 0.6) is 0 Å². The van der Waals surface area contributed by atoms with Crippen LogP contribution in [0.25, 0.3) is 11.1 Å². The Labute approximate surface area is 191 Å². The number of nitrogens with two attached hydrogens (primary N) is 1. The zero-order valence-corrected chi connectivity index (χ0v) is 18.7. The molecule has 0 radical (unpaired) electrons. The lowest BCUT2D eigenvalue weighted by Gasteiger charge is -2.28. The summed E-state index contributed by atoms with van der Waals surface area (Å²) in [5, 5.41) is 12.8. The van der Waals surface area contributed by atoms with E-state index in [1.54, 1.807) is 7.11 Å². The molecule has 2 fully saturated rings. The molecule has 2 atom stereocenters. The largest absolute Gasteiger partial charge is 0.383 e. The second kappa shape index (κ2) is 9.04. The fraction of sp³-hybridized carbons (Fsp3) is 0.458. The minimum Gasteiger partial charge on any atom is -0.383 e. The molecule has 4 rings (SSSR count). The molecule has 0 spiro atoms. The number of hydrogen-bond acceptors (Lipinski definition) is 6. The Bertz CT molecular complexity index is 1090. The molecule has 2 heterocycles. The third-order valence-corrected chi connectivity index (χ3v) is 6.37. The van der Waals surface area contributed by atoms with Gasteiger partial charge in [0.2, 0.25) is 0 Å². The van der Waals surface area contributed by atoms with E-state index in [0.717, 1.165) is 31.0 Å². The minimum atomic E-state index is -0.786. The van der Waals surface area contributed by atoms with Gasteiger partial charge in [0, 0.05) is 44.1 Å². The molecule has 1 amide bonds. The first-order chi connectivity index (χ1) is 15.7. The van der Waals surface area contributed by atoms with E-state index < -0.39 is 17.2 Å². The number of carbonyl (C=O) groups excluding carboxylic acids is 1. The third kappa shape index (κ3) is 4.82. The number of nitrogens with one attached hydrogen (secondary N) is 1. The minimum absolute atomic E-state index is 0.0169. The van der Waals surface area contributed by atoms with E-state index in [1.807, 2.05) is 17.9 Å². The molecule has 9 heteroatoms. The number of ether oxygens (including phenoxy) is 1. The first-order valence-electron chi connectivity index (χ1n) is 11.0. The van der Waals surface area contributed by atoms with Crippen LogP contribution in [0.4, 0.5) is 14.5 Å². The predicted octanol–water partition coefficient (Wildman–Crippen LogP) is 2.98. The zero-order valence-electron chi connectivity index (χ0n) is 18.7. The number of aromatic nitrogens is 1. The van der Waals surface area contributed by atoms with Gasteiger partial charge in [-0.25, -0.2) is 13.8 Å². The molecular formula is C24H27F2N5O2. The van der Waals surface area contributed by atoms with Crippen LogP contribution in [0, 0.1) is 28.9 Å². The summed E-state index contributed by atoms with van der Waals surface area (Å²) in [4.78, 5) is 19.4. The Kier molecular flexibility index (Phi) is 6.32. The molecule has 174 valence electrons. The van der Waals surface area contributed by atoms with Crippen LogP contribution in [0.15, 0.2) is 24.4 Å². The number of nitrogens with zero attached hydrogens (tertiary/aromatic N) is 3. The van der Waals surface area contributed by atoms with Crippen molar-refractivity contribution in [1.29, 1.82) is 5.26 Å². The molecule has 1 aromatic carbocycles. The SMILES string of the molecule is COC[C@@]1(N)CCN(c2c(C(=O)N[C@@H](C)C3CC3)cnc(C#N)c2-c2cc(F)cc(F)c2)C1. The highest BCUT2D eigenvalue weighted by molar-refractivity contribution is 6.04. The summed E-state index contributed by atoms with van der Waals surface area (Å²) >= 11 is 0. The summed E-state index contributed by atoms with van der Waals surface area (Å²) in [7, 11) is 1.57. The maximum Gasteiger partial charge on any atom is 0.255 e. The molecule has 1 saturated heterocycles. The van der Waals surface area contributed by atoms with Crippen molar-refractivity contribution in [2.75, 3.05) is 31.7 Å². The molecule has 2 aliphatic rings. The van der Waals surface area contributed by atoms with Crippen molar-refractivity contribution in [3.63, 3.8) is 0 Å². The summed E-state index contributed by atoms with van der Waals surface area (Å²) in [6.45, 7) is 3.09. The number of carbonyl (C=O) groups is 1. The molecule has 33 heavy (non-hydrogen) atoms. The van der Waals surface area contributed by atoms with Gasteiger partial charge in [0.1, 0.15) is 23.4 Å².